The van der Waals surface area contributed by atoms with Crippen LogP contribution in [0.15, 0.2) is 30.5 Å². The Balaban J connectivity index is 1.36. The van der Waals surface area contributed by atoms with Gasteiger partial charge in [0.05, 0.1) is 6.20 Å². The van der Waals surface area contributed by atoms with Crippen LogP contribution in [-0.2, 0) is 6.42 Å². The number of aromatic nitrogens is 2. The van der Waals surface area contributed by atoms with E-state index in [1.54, 1.807) is 12.1 Å². The van der Waals surface area contributed by atoms with Gasteiger partial charge >= 0.3 is 0 Å². The van der Waals surface area contributed by atoms with Crippen molar-refractivity contribution in [2.24, 2.45) is 0 Å². The molecule has 0 spiro atoms. The van der Waals surface area contributed by atoms with Crippen LogP contribution in [0.3, 0.4) is 0 Å². The summed E-state index contributed by atoms with van der Waals surface area (Å²) in [5, 5.41) is 10.6. The molecule has 4 heteroatoms. The van der Waals surface area contributed by atoms with Gasteiger partial charge in [-0.1, -0.05) is 18.2 Å². The van der Waals surface area contributed by atoms with Crippen molar-refractivity contribution in [1.29, 1.82) is 0 Å². The fourth-order valence-electron chi connectivity index (χ4n) is 3.06. The summed E-state index contributed by atoms with van der Waals surface area (Å²) in [6.07, 6.45) is 6.17. The Labute approximate surface area is 125 Å². The number of benzene rings is 1. The molecule has 2 N–H and O–H groups in total. The fourth-order valence-corrected chi connectivity index (χ4v) is 3.06. The quantitative estimate of drug-likeness (QED) is 0.800. The Kier molecular flexibility index (Phi) is 4.34. The Bertz CT molecular complexity index is 587. The molecule has 0 amide bonds. The molecule has 0 atom stereocenters. The summed E-state index contributed by atoms with van der Waals surface area (Å²) >= 11 is 0. The van der Waals surface area contributed by atoms with E-state index in [1.807, 2.05) is 18.3 Å². The highest BCUT2D eigenvalue weighted by atomic mass is 19.1. The summed E-state index contributed by atoms with van der Waals surface area (Å²) in [6.45, 7) is 3.07. The molecular formula is C17H22FN3. The minimum atomic E-state index is -0.0589. The number of nitrogens with zero attached hydrogens (tertiary/aromatic N) is 1. The largest absolute Gasteiger partial charge is 0.314 e. The average Bonchev–Trinajstić information content (AvgIpc) is 2.83. The van der Waals surface area contributed by atoms with Gasteiger partial charge in [0.1, 0.15) is 5.82 Å². The van der Waals surface area contributed by atoms with Gasteiger partial charge < -0.3 is 5.32 Å². The second-order valence-electron chi connectivity index (χ2n) is 5.96. The molecule has 21 heavy (non-hydrogen) atoms. The zero-order valence-corrected chi connectivity index (χ0v) is 12.4. The van der Waals surface area contributed by atoms with E-state index in [9.17, 15) is 4.39 Å². The highest BCUT2D eigenvalue weighted by Gasteiger charge is 2.31. The topological polar surface area (TPSA) is 40.7 Å². The molecule has 1 aromatic heterocycles. The first-order chi connectivity index (χ1) is 10.2. The Morgan fingerprint density at radius 1 is 1.33 bits per heavy atom. The van der Waals surface area contributed by atoms with E-state index < -0.39 is 0 Å². The number of aryl methyl sites for hydroxylation is 2. The lowest BCUT2D eigenvalue weighted by Gasteiger charge is -2.36. The second-order valence-corrected chi connectivity index (χ2v) is 5.96. The van der Waals surface area contributed by atoms with Gasteiger partial charge in [-0.15, -0.1) is 0 Å². The maximum Gasteiger partial charge on any atom is 0.126 e. The third-order valence-corrected chi connectivity index (χ3v) is 4.47. The molecule has 3 nitrogen and oxygen atoms in total. The van der Waals surface area contributed by atoms with Gasteiger partial charge in [-0.25, -0.2) is 4.39 Å². The number of aromatic amines is 1. The molecule has 1 fully saturated rings. The SMILES string of the molecule is Cc1[nH]ncc1CCCNC1CC(c2ccccc2F)C1. The number of nitrogens with one attached hydrogen (secondary N) is 2. The van der Waals surface area contributed by atoms with Crippen molar-refractivity contribution in [3.63, 3.8) is 0 Å². The molecule has 2 aromatic rings. The van der Waals surface area contributed by atoms with Crippen molar-refractivity contribution in [2.75, 3.05) is 6.54 Å². The van der Waals surface area contributed by atoms with Crippen LogP contribution in [0.4, 0.5) is 4.39 Å². The average molecular weight is 287 g/mol. The van der Waals surface area contributed by atoms with Crippen LogP contribution in [0.2, 0.25) is 0 Å². The molecule has 0 bridgehead atoms. The van der Waals surface area contributed by atoms with Crippen LogP contribution in [0.1, 0.15) is 42.0 Å². The summed E-state index contributed by atoms with van der Waals surface area (Å²) in [4.78, 5) is 0. The molecule has 0 aliphatic heterocycles. The summed E-state index contributed by atoms with van der Waals surface area (Å²) in [7, 11) is 0. The monoisotopic (exact) mass is 287 g/mol. The third kappa shape index (κ3) is 3.32. The molecule has 1 saturated carbocycles. The minimum absolute atomic E-state index is 0.0589. The molecule has 3 rings (SSSR count). The molecule has 1 aliphatic carbocycles. The van der Waals surface area contributed by atoms with Gasteiger partial charge in [-0.2, -0.15) is 5.10 Å². The maximum atomic E-state index is 13.7. The summed E-state index contributed by atoms with van der Waals surface area (Å²) < 4.78 is 13.7. The fraction of sp³-hybridized carbons (Fsp3) is 0.471. The van der Waals surface area contributed by atoms with Crippen molar-refractivity contribution >= 4 is 0 Å². The van der Waals surface area contributed by atoms with Crippen molar-refractivity contribution in [1.82, 2.24) is 15.5 Å². The highest BCUT2D eigenvalue weighted by molar-refractivity contribution is 5.24. The lowest BCUT2D eigenvalue weighted by atomic mass is 9.75. The van der Waals surface area contributed by atoms with Gasteiger partial charge in [0, 0.05) is 11.7 Å². The van der Waals surface area contributed by atoms with Crippen LogP contribution in [-0.4, -0.2) is 22.8 Å². The minimum Gasteiger partial charge on any atom is -0.314 e. The molecule has 0 radical (unpaired) electrons. The second kappa shape index (κ2) is 6.39. The molecule has 1 aliphatic rings. The predicted octanol–water partition coefficient (Wildman–Crippen LogP) is 3.33. The summed E-state index contributed by atoms with van der Waals surface area (Å²) in [6, 6.07) is 7.69. The molecule has 0 saturated heterocycles. The Morgan fingerprint density at radius 2 is 2.14 bits per heavy atom. The summed E-state index contributed by atoms with van der Waals surface area (Å²) in [5.41, 5.74) is 3.34. The molecule has 1 heterocycles. The third-order valence-electron chi connectivity index (χ3n) is 4.47. The zero-order chi connectivity index (χ0) is 14.7. The smallest absolute Gasteiger partial charge is 0.126 e. The zero-order valence-electron chi connectivity index (χ0n) is 12.4. The number of H-pyrrole nitrogens is 1. The van der Waals surface area contributed by atoms with Crippen molar-refractivity contribution < 1.29 is 4.39 Å². The van der Waals surface area contributed by atoms with Gasteiger partial charge in [-0.3, -0.25) is 5.10 Å². The molecule has 112 valence electrons. The van der Waals surface area contributed by atoms with Gasteiger partial charge in [0.15, 0.2) is 0 Å². The van der Waals surface area contributed by atoms with Gasteiger partial charge in [0.2, 0.25) is 0 Å². The molecule has 0 unspecified atom stereocenters. The molecular weight excluding hydrogens is 265 g/mol. The number of hydrogen-bond donors (Lipinski definition) is 2. The standard InChI is InChI=1S/C17H22FN3/c1-12-13(11-20-21-12)5-4-8-19-15-9-14(10-15)16-6-2-3-7-17(16)18/h2-3,6-7,11,14-15,19H,4-5,8-10H2,1H3,(H,20,21). The number of rotatable bonds is 6. The van der Waals surface area contributed by atoms with Crippen LogP contribution in [0.5, 0.6) is 0 Å². The molecule has 1 aromatic carbocycles. The Hall–Kier alpha value is -1.68. The van der Waals surface area contributed by atoms with E-state index in [-0.39, 0.29) is 5.82 Å². The van der Waals surface area contributed by atoms with Gasteiger partial charge in [-0.05, 0) is 62.3 Å². The van der Waals surface area contributed by atoms with Crippen molar-refractivity contribution in [3.8, 4) is 0 Å². The number of halogens is 1. The normalized spacial score (nSPS) is 21.2. The lowest BCUT2D eigenvalue weighted by Crippen LogP contribution is -2.40. The van der Waals surface area contributed by atoms with Crippen LogP contribution >= 0.6 is 0 Å². The van der Waals surface area contributed by atoms with E-state index in [1.165, 1.54) is 11.3 Å². The van der Waals surface area contributed by atoms with Gasteiger partial charge in [0.25, 0.3) is 0 Å². The maximum absolute atomic E-state index is 13.7. The first-order valence-electron chi connectivity index (χ1n) is 7.70. The van der Waals surface area contributed by atoms with E-state index >= 15 is 0 Å². The van der Waals surface area contributed by atoms with Crippen LogP contribution < -0.4 is 5.32 Å². The van der Waals surface area contributed by atoms with E-state index in [0.717, 1.165) is 37.8 Å². The number of hydrogen-bond acceptors (Lipinski definition) is 2. The van der Waals surface area contributed by atoms with E-state index in [4.69, 9.17) is 0 Å². The van der Waals surface area contributed by atoms with E-state index in [2.05, 4.69) is 22.4 Å². The predicted molar refractivity (Wildman–Crippen MR) is 81.8 cm³/mol. The van der Waals surface area contributed by atoms with Crippen LogP contribution in [0, 0.1) is 12.7 Å². The summed E-state index contributed by atoms with van der Waals surface area (Å²) in [5.74, 6) is 0.330. The Morgan fingerprint density at radius 3 is 2.86 bits per heavy atom. The van der Waals surface area contributed by atoms with Crippen molar-refractivity contribution in [2.45, 2.75) is 44.6 Å². The van der Waals surface area contributed by atoms with Crippen molar-refractivity contribution in [3.05, 3.63) is 53.1 Å². The van der Waals surface area contributed by atoms with Crippen LogP contribution in [0.25, 0.3) is 0 Å². The van der Waals surface area contributed by atoms with E-state index in [0.29, 0.717) is 12.0 Å². The lowest BCUT2D eigenvalue weighted by molar-refractivity contribution is 0.285. The highest BCUT2D eigenvalue weighted by Crippen LogP contribution is 2.37. The first-order valence-corrected chi connectivity index (χ1v) is 7.70. The first kappa shape index (κ1) is 14.3.